The van der Waals surface area contributed by atoms with E-state index in [1.165, 1.54) is 12.0 Å². The Kier molecular flexibility index (Phi) is 7.25. The van der Waals surface area contributed by atoms with Crippen molar-refractivity contribution in [3.8, 4) is 5.75 Å². The zero-order valence-corrected chi connectivity index (χ0v) is 17.3. The van der Waals surface area contributed by atoms with Gasteiger partial charge in [0, 0.05) is 19.2 Å². The lowest BCUT2D eigenvalue weighted by Crippen LogP contribution is -2.32. The summed E-state index contributed by atoms with van der Waals surface area (Å²) in [5, 5.41) is 11.1. The topological polar surface area (TPSA) is 76.1 Å². The Labute approximate surface area is 176 Å². The van der Waals surface area contributed by atoms with E-state index in [0.717, 1.165) is 18.4 Å². The quantitative estimate of drug-likeness (QED) is 0.294. The number of carbonyl (C=O) groups is 2. The van der Waals surface area contributed by atoms with Crippen molar-refractivity contribution >= 4 is 17.4 Å². The molecule has 3 rings (SSSR count). The highest BCUT2D eigenvalue weighted by Crippen LogP contribution is 2.39. The van der Waals surface area contributed by atoms with E-state index >= 15 is 0 Å². The van der Waals surface area contributed by atoms with Crippen LogP contribution in [0.25, 0.3) is 5.76 Å². The molecule has 1 aliphatic rings. The summed E-state index contributed by atoms with van der Waals surface area (Å²) in [6, 6.07) is 15.5. The number of methoxy groups -OCH3 is 1. The molecule has 0 radical (unpaired) electrons. The fraction of sp³-hybridized carbons (Fsp3) is 0.333. The van der Waals surface area contributed by atoms with E-state index in [1.54, 1.807) is 24.3 Å². The summed E-state index contributed by atoms with van der Waals surface area (Å²) >= 11 is 0. The Morgan fingerprint density at radius 2 is 1.83 bits per heavy atom. The predicted molar refractivity (Wildman–Crippen MR) is 114 cm³/mol. The van der Waals surface area contributed by atoms with Gasteiger partial charge in [0.2, 0.25) is 0 Å². The maximum Gasteiger partial charge on any atom is 0.295 e. The Morgan fingerprint density at radius 1 is 1.07 bits per heavy atom. The molecule has 1 atom stereocenters. The number of ether oxygens (including phenoxy) is 2. The maximum absolute atomic E-state index is 12.9. The Balaban J connectivity index is 2.04. The third kappa shape index (κ3) is 4.54. The second-order valence-corrected chi connectivity index (χ2v) is 7.13. The number of aliphatic hydroxyl groups excluding tert-OH is 1. The number of ketones is 1. The third-order valence-electron chi connectivity index (χ3n) is 5.07. The number of carbonyl (C=O) groups excluding carboxylic acids is 2. The molecule has 1 unspecified atom stereocenters. The molecule has 2 aromatic rings. The van der Waals surface area contributed by atoms with Crippen molar-refractivity contribution in [1.29, 1.82) is 0 Å². The minimum absolute atomic E-state index is 0.0769. The van der Waals surface area contributed by atoms with Crippen LogP contribution in [0, 0.1) is 0 Å². The molecule has 1 aliphatic heterocycles. The minimum atomic E-state index is -0.699. The summed E-state index contributed by atoms with van der Waals surface area (Å²) in [5.41, 5.74) is 1.27. The second-order valence-electron chi connectivity index (χ2n) is 7.13. The number of Topliss-reactive ketones (excluding diaryl/α,β-unsaturated/α-hetero) is 1. The van der Waals surface area contributed by atoms with E-state index < -0.39 is 17.7 Å². The van der Waals surface area contributed by atoms with Gasteiger partial charge in [0.05, 0.1) is 24.8 Å². The van der Waals surface area contributed by atoms with Crippen molar-refractivity contribution in [3.63, 3.8) is 0 Å². The number of likely N-dealkylation sites (tertiary alicyclic amines) is 1. The molecule has 0 bridgehead atoms. The molecular weight excluding hydrogens is 382 g/mol. The number of benzene rings is 2. The molecule has 1 amide bonds. The van der Waals surface area contributed by atoms with E-state index in [-0.39, 0.29) is 24.5 Å². The highest BCUT2D eigenvalue weighted by atomic mass is 16.5. The predicted octanol–water partition coefficient (Wildman–Crippen LogP) is 3.93. The highest BCUT2D eigenvalue weighted by Gasteiger charge is 2.45. The number of nitrogens with zero attached hydrogens (tertiary/aromatic N) is 1. The number of aliphatic hydroxyl groups is 1. The molecule has 0 saturated carbocycles. The number of hydrogen-bond acceptors (Lipinski definition) is 5. The van der Waals surface area contributed by atoms with Gasteiger partial charge in [-0.3, -0.25) is 9.59 Å². The lowest BCUT2D eigenvalue weighted by molar-refractivity contribution is -0.140. The van der Waals surface area contributed by atoms with E-state index in [2.05, 4.69) is 6.92 Å². The van der Waals surface area contributed by atoms with E-state index in [9.17, 15) is 14.7 Å². The van der Waals surface area contributed by atoms with Crippen molar-refractivity contribution in [3.05, 3.63) is 71.3 Å². The van der Waals surface area contributed by atoms with Gasteiger partial charge in [-0.05, 0) is 24.1 Å². The summed E-state index contributed by atoms with van der Waals surface area (Å²) in [5.74, 6) is -0.937. The molecule has 6 nitrogen and oxygen atoms in total. The van der Waals surface area contributed by atoms with Crippen molar-refractivity contribution in [1.82, 2.24) is 4.90 Å². The average Bonchev–Trinajstić information content (AvgIpc) is 3.03. The van der Waals surface area contributed by atoms with Gasteiger partial charge in [-0.1, -0.05) is 55.8 Å². The fourth-order valence-corrected chi connectivity index (χ4v) is 3.51. The summed E-state index contributed by atoms with van der Waals surface area (Å²) in [4.78, 5) is 27.1. The van der Waals surface area contributed by atoms with Crippen LogP contribution in [0.4, 0.5) is 0 Å². The first-order valence-corrected chi connectivity index (χ1v) is 10.1. The first-order valence-electron chi connectivity index (χ1n) is 10.1. The molecule has 2 aromatic carbocycles. The van der Waals surface area contributed by atoms with Gasteiger partial charge in [-0.25, -0.2) is 0 Å². The van der Waals surface area contributed by atoms with Crippen LogP contribution in [0.3, 0.4) is 0 Å². The first kappa shape index (κ1) is 21.6. The number of amides is 1. The zero-order valence-electron chi connectivity index (χ0n) is 17.3. The molecule has 1 saturated heterocycles. The van der Waals surface area contributed by atoms with Gasteiger partial charge in [-0.15, -0.1) is 0 Å². The molecule has 30 heavy (non-hydrogen) atoms. The summed E-state index contributed by atoms with van der Waals surface area (Å²) in [6.07, 6.45) is 1.94. The maximum atomic E-state index is 12.9. The molecule has 1 heterocycles. The lowest BCUT2D eigenvalue weighted by atomic mass is 9.95. The molecule has 0 spiro atoms. The second kappa shape index (κ2) is 10.1. The van der Waals surface area contributed by atoms with Gasteiger partial charge >= 0.3 is 0 Å². The highest BCUT2D eigenvalue weighted by molar-refractivity contribution is 6.46. The SMILES string of the molecule is CCCCOc1cccc(/C(O)=C2\C(=O)C(=O)N(CCOC)C2c2ccccc2)c1. The van der Waals surface area contributed by atoms with Crippen molar-refractivity contribution in [2.45, 2.75) is 25.8 Å². The third-order valence-corrected chi connectivity index (χ3v) is 5.07. The number of rotatable bonds is 9. The summed E-state index contributed by atoms with van der Waals surface area (Å²) in [7, 11) is 1.54. The summed E-state index contributed by atoms with van der Waals surface area (Å²) in [6.45, 7) is 3.19. The minimum Gasteiger partial charge on any atom is -0.507 e. The van der Waals surface area contributed by atoms with Gasteiger partial charge in [0.15, 0.2) is 0 Å². The molecule has 158 valence electrons. The zero-order chi connectivity index (χ0) is 21.5. The largest absolute Gasteiger partial charge is 0.507 e. The van der Waals surface area contributed by atoms with E-state index in [0.29, 0.717) is 17.9 Å². The van der Waals surface area contributed by atoms with E-state index in [4.69, 9.17) is 9.47 Å². The van der Waals surface area contributed by atoms with Crippen LogP contribution < -0.4 is 4.74 Å². The van der Waals surface area contributed by atoms with Crippen LogP contribution in [-0.4, -0.2) is 48.6 Å². The van der Waals surface area contributed by atoms with Crippen LogP contribution >= 0.6 is 0 Å². The molecule has 0 aromatic heterocycles. The summed E-state index contributed by atoms with van der Waals surface area (Å²) < 4.78 is 10.8. The van der Waals surface area contributed by atoms with Gasteiger partial charge in [0.1, 0.15) is 11.5 Å². The van der Waals surface area contributed by atoms with Crippen LogP contribution in [0.2, 0.25) is 0 Å². The number of unbranched alkanes of at least 4 members (excludes halogenated alkanes) is 1. The normalized spacial score (nSPS) is 18.1. The monoisotopic (exact) mass is 409 g/mol. The Bertz CT molecular complexity index is 922. The molecule has 6 heteroatoms. The fourth-order valence-electron chi connectivity index (χ4n) is 3.51. The van der Waals surface area contributed by atoms with Gasteiger partial charge in [-0.2, -0.15) is 0 Å². The molecular formula is C24H27NO5. The van der Waals surface area contributed by atoms with Crippen LogP contribution in [0.5, 0.6) is 5.75 Å². The van der Waals surface area contributed by atoms with Crippen molar-refractivity contribution in [2.24, 2.45) is 0 Å². The first-order chi connectivity index (χ1) is 14.6. The number of hydrogen-bond donors (Lipinski definition) is 1. The van der Waals surface area contributed by atoms with Crippen molar-refractivity contribution in [2.75, 3.05) is 26.9 Å². The lowest BCUT2D eigenvalue weighted by Gasteiger charge is -2.25. The van der Waals surface area contributed by atoms with E-state index in [1.807, 2.05) is 30.3 Å². The van der Waals surface area contributed by atoms with Gasteiger partial charge < -0.3 is 19.5 Å². The smallest absolute Gasteiger partial charge is 0.295 e. The van der Waals surface area contributed by atoms with Crippen LogP contribution in [0.15, 0.2) is 60.2 Å². The van der Waals surface area contributed by atoms with Gasteiger partial charge in [0.25, 0.3) is 11.7 Å². The average molecular weight is 409 g/mol. The van der Waals surface area contributed by atoms with Crippen molar-refractivity contribution < 1.29 is 24.2 Å². The molecule has 1 N–H and O–H groups in total. The molecule has 0 aliphatic carbocycles. The Hall–Kier alpha value is -3.12. The van der Waals surface area contributed by atoms with Crippen LogP contribution in [-0.2, 0) is 14.3 Å². The standard InChI is InChI=1S/C24H27NO5/c1-3-4-14-30-19-12-8-11-18(16-19)22(26)20-21(17-9-6-5-7-10-17)25(13-15-29-2)24(28)23(20)27/h5-12,16,21,26H,3-4,13-15H2,1-2H3/b22-20+. The molecule has 1 fully saturated rings. The Morgan fingerprint density at radius 3 is 2.53 bits per heavy atom. The van der Waals surface area contributed by atoms with Crippen LogP contribution in [0.1, 0.15) is 36.9 Å².